The molecule has 0 aliphatic carbocycles. The first kappa shape index (κ1) is 20.1. The molecule has 3 aromatic rings. The van der Waals surface area contributed by atoms with Crippen molar-refractivity contribution in [2.75, 3.05) is 13.7 Å². The normalized spacial score (nSPS) is 11.9. The van der Waals surface area contributed by atoms with E-state index in [1.54, 1.807) is 6.92 Å². The molecule has 2 heterocycles. The number of rotatable bonds is 7. The number of hydrogen-bond acceptors (Lipinski definition) is 7. The van der Waals surface area contributed by atoms with Crippen molar-refractivity contribution >= 4 is 45.2 Å². The van der Waals surface area contributed by atoms with Crippen LogP contribution in [-0.4, -0.2) is 40.7 Å². The highest BCUT2D eigenvalue weighted by Crippen LogP contribution is 2.30. The fraction of sp³-hybridized carbons (Fsp3) is 0.263. The summed E-state index contributed by atoms with van der Waals surface area (Å²) in [6.07, 6.45) is 0. The van der Waals surface area contributed by atoms with E-state index < -0.39 is 11.2 Å². The lowest BCUT2D eigenvalue weighted by Crippen LogP contribution is -2.27. The summed E-state index contributed by atoms with van der Waals surface area (Å²) in [5.74, 6) is -0.0108. The van der Waals surface area contributed by atoms with Crippen LogP contribution in [0.15, 0.2) is 40.5 Å². The van der Waals surface area contributed by atoms with Crippen LogP contribution in [0.4, 0.5) is 0 Å². The van der Waals surface area contributed by atoms with Gasteiger partial charge in [0.2, 0.25) is 0 Å². The first-order valence-electron chi connectivity index (χ1n) is 8.54. The molecule has 0 aliphatic rings. The van der Waals surface area contributed by atoms with E-state index in [1.165, 1.54) is 30.1 Å². The van der Waals surface area contributed by atoms with Crippen LogP contribution >= 0.6 is 23.1 Å². The smallest absolute Gasteiger partial charge is 0.319 e. The van der Waals surface area contributed by atoms with Gasteiger partial charge >= 0.3 is 5.97 Å². The largest absolute Gasteiger partial charge is 0.455 e. The molecule has 0 saturated heterocycles. The third-order valence-corrected chi connectivity index (χ3v) is 6.01. The Morgan fingerprint density at radius 3 is 2.79 bits per heavy atom. The molecule has 1 atom stereocenters. The van der Waals surface area contributed by atoms with Crippen molar-refractivity contribution in [3.8, 4) is 11.1 Å². The predicted octanol–water partition coefficient (Wildman–Crippen LogP) is 2.56. The maximum Gasteiger partial charge on any atom is 0.319 e. The number of nitrogens with zero attached hydrogens (tertiary/aromatic N) is 1. The summed E-state index contributed by atoms with van der Waals surface area (Å²) in [6.45, 7) is 1.38. The van der Waals surface area contributed by atoms with E-state index in [0.29, 0.717) is 21.8 Å². The van der Waals surface area contributed by atoms with Crippen LogP contribution in [-0.2, 0) is 20.1 Å². The van der Waals surface area contributed by atoms with E-state index >= 15 is 0 Å². The van der Waals surface area contributed by atoms with Crippen LogP contribution in [0, 0.1) is 0 Å². The van der Waals surface area contributed by atoms with Gasteiger partial charge in [-0.25, -0.2) is 4.98 Å². The number of thiophene rings is 1. The van der Waals surface area contributed by atoms with Crippen LogP contribution in [0.3, 0.4) is 0 Å². The molecule has 0 unspecified atom stereocenters. The third kappa shape index (κ3) is 4.60. The highest BCUT2D eigenvalue weighted by Gasteiger charge is 2.18. The predicted molar refractivity (Wildman–Crippen MR) is 111 cm³/mol. The number of thioether (sulfide) groups is 1. The molecule has 146 valence electrons. The summed E-state index contributed by atoms with van der Waals surface area (Å²) in [4.78, 5) is 43.7. The van der Waals surface area contributed by atoms with Crippen LogP contribution in [0.5, 0.6) is 0 Å². The quantitative estimate of drug-likeness (QED) is 0.573. The minimum Gasteiger partial charge on any atom is -0.455 e. The van der Waals surface area contributed by atoms with Gasteiger partial charge in [0.1, 0.15) is 15.9 Å². The van der Waals surface area contributed by atoms with E-state index in [2.05, 4.69) is 15.3 Å². The number of amides is 1. The minimum absolute atomic E-state index is 0.199. The van der Waals surface area contributed by atoms with Crippen molar-refractivity contribution < 1.29 is 14.3 Å². The Morgan fingerprint density at radius 2 is 2.07 bits per heavy atom. The molecule has 2 aromatic heterocycles. The van der Waals surface area contributed by atoms with Crippen LogP contribution in [0.25, 0.3) is 21.3 Å². The van der Waals surface area contributed by atoms with Crippen LogP contribution in [0.1, 0.15) is 12.7 Å². The number of likely N-dealkylation sites (N-methyl/N-ethyl adjacent to an activating group) is 1. The Bertz CT molecular complexity index is 1050. The van der Waals surface area contributed by atoms with Gasteiger partial charge in [-0.1, -0.05) is 30.3 Å². The monoisotopic (exact) mass is 417 g/mol. The summed E-state index contributed by atoms with van der Waals surface area (Å²) in [7, 11) is 1.47. The molecule has 9 heteroatoms. The summed E-state index contributed by atoms with van der Waals surface area (Å²) in [5.41, 5.74) is 1.63. The van der Waals surface area contributed by atoms with Gasteiger partial charge in [0, 0.05) is 18.0 Å². The van der Waals surface area contributed by atoms with Crippen molar-refractivity contribution in [2.24, 2.45) is 0 Å². The maximum atomic E-state index is 12.6. The average molecular weight is 418 g/mol. The van der Waals surface area contributed by atoms with Gasteiger partial charge in [-0.15, -0.1) is 23.1 Å². The first-order chi connectivity index (χ1) is 13.5. The van der Waals surface area contributed by atoms with Gasteiger partial charge in [-0.2, -0.15) is 0 Å². The Hall–Kier alpha value is -2.65. The van der Waals surface area contributed by atoms with Gasteiger partial charge in [0.15, 0.2) is 6.61 Å². The van der Waals surface area contributed by atoms with E-state index in [9.17, 15) is 14.4 Å². The van der Waals surface area contributed by atoms with Gasteiger partial charge in [-0.05, 0) is 12.5 Å². The molecule has 1 aromatic carbocycles. The zero-order valence-corrected chi connectivity index (χ0v) is 17.0. The molecule has 0 fully saturated rings. The van der Waals surface area contributed by atoms with Crippen molar-refractivity contribution in [1.29, 1.82) is 0 Å². The highest BCUT2D eigenvalue weighted by molar-refractivity contribution is 7.99. The fourth-order valence-electron chi connectivity index (χ4n) is 2.49. The lowest BCUT2D eigenvalue weighted by atomic mass is 10.1. The lowest BCUT2D eigenvalue weighted by molar-refractivity contribution is -0.147. The molecular weight excluding hydrogens is 398 g/mol. The van der Waals surface area contributed by atoms with Gasteiger partial charge in [0.25, 0.3) is 11.5 Å². The number of ether oxygens (including phenoxy) is 1. The maximum absolute atomic E-state index is 12.6. The van der Waals surface area contributed by atoms with Crippen LogP contribution < -0.4 is 10.9 Å². The zero-order valence-electron chi connectivity index (χ0n) is 15.4. The van der Waals surface area contributed by atoms with E-state index in [0.717, 1.165) is 11.1 Å². The van der Waals surface area contributed by atoms with E-state index in [4.69, 9.17) is 4.74 Å². The van der Waals surface area contributed by atoms with Crippen molar-refractivity contribution in [3.63, 3.8) is 0 Å². The third-order valence-electron chi connectivity index (χ3n) is 4.00. The molecular formula is C19H19N3O4S2. The Labute approximate surface area is 169 Å². The first-order valence-corrected chi connectivity index (χ1v) is 10.5. The summed E-state index contributed by atoms with van der Waals surface area (Å²) < 4.78 is 4.93. The molecule has 28 heavy (non-hydrogen) atoms. The van der Waals surface area contributed by atoms with E-state index in [1.807, 2.05) is 35.7 Å². The molecule has 0 spiro atoms. The molecule has 1 amide bonds. The molecule has 0 saturated carbocycles. The topological polar surface area (TPSA) is 101 Å². The molecule has 7 nitrogen and oxygen atoms in total. The summed E-state index contributed by atoms with van der Waals surface area (Å²) in [6, 6.07) is 9.69. The second-order valence-electron chi connectivity index (χ2n) is 5.94. The molecule has 0 aliphatic heterocycles. The number of benzene rings is 1. The Kier molecular flexibility index (Phi) is 6.48. The zero-order chi connectivity index (χ0) is 20.1. The Balaban J connectivity index is 1.71. The van der Waals surface area contributed by atoms with Crippen molar-refractivity contribution in [3.05, 3.63) is 51.9 Å². The molecule has 0 radical (unpaired) electrons. The Morgan fingerprint density at radius 1 is 1.32 bits per heavy atom. The number of aromatic amines is 1. The summed E-state index contributed by atoms with van der Waals surface area (Å²) in [5, 5.41) is 4.39. The highest BCUT2D eigenvalue weighted by atomic mass is 32.2. The number of fused-ring (bicyclic) bond motifs is 1. The number of carbonyl (C=O) groups is 2. The van der Waals surface area contributed by atoms with E-state index in [-0.39, 0.29) is 18.1 Å². The van der Waals surface area contributed by atoms with Gasteiger partial charge in [0.05, 0.1) is 11.1 Å². The SMILES string of the molecule is CNC(=O)COC(=O)[C@H](C)SCc1nc2scc(-c3ccccc3)c2c(=O)[nH]1. The number of hydrogen-bond donors (Lipinski definition) is 2. The average Bonchev–Trinajstić information content (AvgIpc) is 3.15. The molecule has 0 bridgehead atoms. The standard InChI is InChI=1S/C19H19N3O4S2/c1-11(19(25)26-8-15(23)20-2)27-10-14-21-17(24)16-13(9-28-18(16)22-14)12-6-4-3-5-7-12/h3-7,9,11H,8,10H2,1-2H3,(H,20,23)(H,21,22,24)/t11-/m0/s1. The fourth-order valence-corrected chi connectivity index (χ4v) is 4.21. The van der Waals surface area contributed by atoms with Crippen molar-refractivity contribution in [1.82, 2.24) is 15.3 Å². The number of nitrogens with one attached hydrogen (secondary N) is 2. The van der Waals surface area contributed by atoms with Crippen LogP contribution in [0.2, 0.25) is 0 Å². The number of H-pyrrole nitrogens is 1. The second-order valence-corrected chi connectivity index (χ2v) is 8.13. The second kappa shape index (κ2) is 9.03. The molecule has 3 rings (SSSR count). The number of esters is 1. The van der Waals surface area contributed by atoms with Crippen molar-refractivity contribution in [2.45, 2.75) is 17.9 Å². The molecule has 2 N–H and O–H groups in total. The number of carbonyl (C=O) groups excluding carboxylic acids is 2. The lowest BCUT2D eigenvalue weighted by Gasteiger charge is -2.10. The summed E-state index contributed by atoms with van der Waals surface area (Å²) >= 11 is 2.70. The minimum atomic E-state index is -0.492. The number of aromatic nitrogens is 2. The van der Waals surface area contributed by atoms with Gasteiger partial charge in [-0.3, -0.25) is 14.4 Å². The van der Waals surface area contributed by atoms with Gasteiger partial charge < -0.3 is 15.0 Å².